The Kier molecular flexibility index (Phi) is 24.6. The van der Waals surface area contributed by atoms with E-state index in [-0.39, 0.29) is 93.1 Å². The third-order valence-corrected chi connectivity index (χ3v) is 8.42. The van der Waals surface area contributed by atoms with Crippen LogP contribution in [0.5, 0.6) is 0 Å². The number of halogens is 11. The Bertz CT molecular complexity index is 2020. The first-order chi connectivity index (χ1) is 29.6. The van der Waals surface area contributed by atoms with Crippen LogP contribution in [0.1, 0.15) is 44.9 Å². The Labute approximate surface area is 376 Å². The van der Waals surface area contributed by atoms with Crippen molar-refractivity contribution in [3.63, 3.8) is 0 Å². The summed E-state index contributed by atoms with van der Waals surface area (Å²) in [4.78, 5) is 38.8. The number of aromatic amines is 1. The van der Waals surface area contributed by atoms with Crippen molar-refractivity contribution in [3.8, 4) is 0 Å². The van der Waals surface area contributed by atoms with E-state index in [2.05, 4.69) is 56.6 Å². The smallest absolute Gasteiger partial charge is 0.471 e. The molecule has 0 unspecified atom stereocenters. The number of unbranched alkanes of at least 4 members (excludes halogenated alkanes) is 2. The molecule has 1 amide bonds. The number of carbonyl (C=O) groups is 3. The van der Waals surface area contributed by atoms with Gasteiger partial charge in [-0.05, 0) is 32.1 Å². The van der Waals surface area contributed by atoms with Crippen molar-refractivity contribution < 1.29 is 85.7 Å². The zero-order valence-electron chi connectivity index (χ0n) is 33.4. The van der Waals surface area contributed by atoms with E-state index < -0.39 is 48.8 Å². The fraction of sp³-hybridized carbons (Fsp3) is 0.545. The summed E-state index contributed by atoms with van der Waals surface area (Å²) in [5, 5.41) is 43.9. The minimum absolute atomic E-state index is 0. The number of alkyl halides is 10. The number of Topliss-reactive ketones (excluding diaryl/α,β-unsaturated/α-hetero) is 2. The molecule has 0 aliphatic rings. The quantitative estimate of drug-likeness (QED) is 0.0233. The molecule has 0 saturated heterocycles. The second-order valence-electron chi connectivity index (χ2n) is 12.6. The number of azo groups is 2. The molecule has 0 bridgehead atoms. The molecule has 4 heterocycles. The van der Waals surface area contributed by atoms with Gasteiger partial charge in [0.25, 0.3) is 0 Å². The zero-order chi connectivity index (χ0) is 47.2. The SMILES string of the molecule is Nc1c(N=Nc2n(CCCCC(=O)C(F)(F)F)cc[n+]2CCCNC(=O)C(F)(F)F)cnn1CCO.Nc1c(N=Nc2ncc[nH]2)cnn1CCO.O=C(CCCCBr)C(F)(F)F.[Br-]. The van der Waals surface area contributed by atoms with Gasteiger partial charge in [-0.1, -0.05) is 21.0 Å². The molecule has 4 aromatic rings. The van der Waals surface area contributed by atoms with Gasteiger partial charge in [0.15, 0.2) is 11.5 Å². The first kappa shape index (κ1) is 56.7. The van der Waals surface area contributed by atoms with E-state index in [1.54, 1.807) is 34.7 Å². The summed E-state index contributed by atoms with van der Waals surface area (Å²) in [6.07, 6.45) is -5.31. The van der Waals surface area contributed by atoms with E-state index in [0.29, 0.717) is 42.2 Å². The lowest BCUT2D eigenvalue weighted by Gasteiger charge is -2.07. The number of hydrogen-bond donors (Lipinski definition) is 6. The first-order valence-corrected chi connectivity index (χ1v) is 19.6. The highest BCUT2D eigenvalue weighted by Crippen LogP contribution is 2.25. The van der Waals surface area contributed by atoms with Crippen LogP contribution in [0.25, 0.3) is 0 Å². The van der Waals surface area contributed by atoms with Gasteiger partial charge in [-0.3, -0.25) is 14.4 Å². The number of imidazole rings is 2. The second kappa shape index (κ2) is 27.8. The highest BCUT2D eigenvalue weighted by atomic mass is 79.9. The maximum atomic E-state index is 12.4. The highest BCUT2D eigenvalue weighted by molar-refractivity contribution is 9.09. The van der Waals surface area contributed by atoms with Gasteiger partial charge in [0.05, 0.1) is 64.2 Å². The molecule has 64 heavy (non-hydrogen) atoms. The maximum absolute atomic E-state index is 12.4. The molecule has 8 N–H and O–H groups in total. The molecule has 0 aliphatic heterocycles. The first-order valence-electron chi connectivity index (χ1n) is 18.5. The topological polar surface area (TPSA) is 278 Å². The monoisotopic (exact) mass is 1060 g/mol. The van der Waals surface area contributed by atoms with Crippen LogP contribution < -0.4 is 38.3 Å². The van der Waals surface area contributed by atoms with E-state index in [0.717, 1.165) is 0 Å². The summed E-state index contributed by atoms with van der Waals surface area (Å²) in [6, 6.07) is 0. The summed E-state index contributed by atoms with van der Waals surface area (Å²) in [6.45, 7) is 0.253. The van der Waals surface area contributed by atoms with Crippen molar-refractivity contribution in [2.75, 3.05) is 36.6 Å². The highest BCUT2D eigenvalue weighted by Gasteiger charge is 2.39. The largest absolute Gasteiger partial charge is 1.00 e. The number of nitrogens with two attached hydrogens (primary N) is 2. The molecule has 0 radical (unpaired) electrons. The average molecular weight is 1060 g/mol. The summed E-state index contributed by atoms with van der Waals surface area (Å²) in [7, 11) is 0. The standard InChI is InChI=1S/C19H24F6N8O3.C8H11N7O.C6H8BrF3O.BrH/c20-18(21,22)14(35)4-1-2-6-31-8-9-32(7-3-5-27-16(36)19(23,24)25)17(31)30-29-13-12-28-33(10-11-34)15(13)26;9-7-6(5-12-15(7)3-4-16)13-14-8-10-1-2-11-8;7-4-2-1-3-5(11)6(8,9)10;/h8-9,12,26,34H,1-7,10-11H2,(H,27,36);1-2,5,16H,3-4,9H2,(H,10,11);1-4H2;1H. The number of aliphatic hydroxyl groups is 2. The molecule has 4 rings (SSSR count). The predicted octanol–water partition coefficient (Wildman–Crippen LogP) is 2.62. The van der Waals surface area contributed by atoms with Crippen LogP contribution >= 0.6 is 15.9 Å². The molecule has 0 fully saturated rings. The van der Waals surface area contributed by atoms with Crippen molar-refractivity contribution in [1.82, 2.24) is 39.4 Å². The number of aromatic nitrogens is 8. The molecule has 0 atom stereocenters. The van der Waals surface area contributed by atoms with Crippen LogP contribution in [-0.4, -0.2) is 105 Å². The van der Waals surface area contributed by atoms with E-state index in [4.69, 9.17) is 21.7 Å². The Morgan fingerprint density at radius 2 is 1.30 bits per heavy atom. The van der Waals surface area contributed by atoms with Crippen LogP contribution in [0.15, 0.2) is 57.6 Å². The molecule has 0 aromatic carbocycles. The summed E-state index contributed by atoms with van der Waals surface area (Å²) < 4.78 is 114. The molecule has 0 aliphatic carbocycles. The third-order valence-electron chi connectivity index (χ3n) is 7.86. The fourth-order valence-corrected chi connectivity index (χ4v) is 5.08. The van der Waals surface area contributed by atoms with Crippen molar-refractivity contribution in [2.24, 2.45) is 20.5 Å². The van der Waals surface area contributed by atoms with Gasteiger partial charge < -0.3 is 49.0 Å². The number of nitrogens with one attached hydrogen (secondary N) is 2. The number of ketones is 2. The van der Waals surface area contributed by atoms with Gasteiger partial charge >= 0.3 is 30.4 Å². The second-order valence-corrected chi connectivity index (χ2v) is 13.4. The van der Waals surface area contributed by atoms with Crippen LogP contribution in [-0.2, 0) is 40.6 Å². The van der Waals surface area contributed by atoms with Crippen molar-refractivity contribution in [2.45, 2.75) is 89.7 Å². The number of anilines is 2. The maximum Gasteiger partial charge on any atom is 0.471 e. The Balaban J connectivity index is 0.000000597. The zero-order valence-corrected chi connectivity index (χ0v) is 36.6. The van der Waals surface area contributed by atoms with Gasteiger partial charge in [0.1, 0.15) is 11.5 Å². The Hall–Kier alpha value is -5.30. The number of nitrogen functional groups attached to an aromatic ring is 2. The van der Waals surface area contributed by atoms with E-state index in [1.165, 1.54) is 26.3 Å². The van der Waals surface area contributed by atoms with Crippen molar-refractivity contribution >= 4 is 68.3 Å². The lowest BCUT2D eigenvalue weighted by atomic mass is 10.2. The minimum Gasteiger partial charge on any atom is -1.00 e. The molecule has 0 spiro atoms. The van der Waals surface area contributed by atoms with Crippen LogP contribution in [0.4, 0.5) is 74.4 Å². The van der Waals surface area contributed by atoms with Gasteiger partial charge in [-0.25, -0.2) is 23.5 Å². The van der Waals surface area contributed by atoms with Gasteiger partial charge in [0, 0.05) is 42.2 Å². The normalized spacial score (nSPS) is 11.8. The number of hydrogen-bond acceptors (Lipinski definition) is 14. The molecule has 20 nitrogen and oxygen atoms in total. The van der Waals surface area contributed by atoms with E-state index in [1.807, 2.05) is 0 Å². The summed E-state index contributed by atoms with van der Waals surface area (Å²) in [5.41, 5.74) is 12.3. The van der Waals surface area contributed by atoms with Gasteiger partial charge in [-0.2, -0.15) is 49.7 Å². The minimum atomic E-state index is -5.00. The number of aliphatic hydroxyl groups excluding tert-OH is 2. The Morgan fingerprint density at radius 1 is 0.766 bits per heavy atom. The molecule has 0 saturated carbocycles. The van der Waals surface area contributed by atoms with E-state index >= 15 is 0 Å². The Morgan fingerprint density at radius 3 is 1.77 bits per heavy atom. The lowest BCUT2D eigenvalue weighted by molar-refractivity contribution is -0.683. The average Bonchev–Trinajstić information content (AvgIpc) is 4.02. The fourth-order valence-electron chi connectivity index (χ4n) is 4.69. The third kappa shape index (κ3) is 20.0. The number of amides is 1. The van der Waals surface area contributed by atoms with Crippen LogP contribution in [0, 0.1) is 0 Å². The van der Waals surface area contributed by atoms with Crippen LogP contribution in [0.2, 0.25) is 0 Å². The number of H-pyrrole nitrogens is 1. The summed E-state index contributed by atoms with van der Waals surface area (Å²) in [5.74, 6) is -4.42. The molecule has 31 heteroatoms. The van der Waals surface area contributed by atoms with Gasteiger partial charge in [0.2, 0.25) is 17.5 Å². The van der Waals surface area contributed by atoms with E-state index in [9.17, 15) is 53.9 Å². The number of aryl methyl sites for hydroxylation is 2. The number of rotatable bonds is 21. The van der Waals surface area contributed by atoms with Gasteiger partial charge in [-0.15, -0.1) is 10.2 Å². The number of carbonyl (C=O) groups excluding carboxylic acids is 3. The lowest BCUT2D eigenvalue weighted by Crippen LogP contribution is -3.00. The number of nitrogens with zero attached hydrogens (tertiary/aromatic N) is 11. The van der Waals surface area contributed by atoms with Crippen molar-refractivity contribution in [1.29, 1.82) is 0 Å². The molecule has 4 aromatic heterocycles. The molecule has 358 valence electrons. The molecular formula is C33H44Br2F9N15O5. The predicted molar refractivity (Wildman–Crippen MR) is 206 cm³/mol. The molecular weight excluding hydrogens is 1020 g/mol. The summed E-state index contributed by atoms with van der Waals surface area (Å²) >= 11 is 3.06. The van der Waals surface area contributed by atoms with Crippen LogP contribution in [0.3, 0.4) is 0 Å². The van der Waals surface area contributed by atoms with Crippen molar-refractivity contribution in [3.05, 3.63) is 37.2 Å².